The van der Waals surface area contributed by atoms with E-state index in [0.29, 0.717) is 0 Å². The van der Waals surface area contributed by atoms with Crippen LogP contribution >= 0.6 is 0 Å². The molecule has 0 saturated carbocycles. The lowest BCUT2D eigenvalue weighted by atomic mass is 10.1. The molecule has 1 saturated heterocycles. The van der Waals surface area contributed by atoms with Gasteiger partial charge in [0.25, 0.3) is 0 Å². The quantitative estimate of drug-likeness (QED) is 0.623. The largest absolute Gasteiger partial charge is 0.389 e. The molecule has 0 aromatic carbocycles. The zero-order valence-corrected chi connectivity index (χ0v) is 8.20. The lowest BCUT2D eigenvalue weighted by Crippen LogP contribution is -2.42. The Morgan fingerprint density at radius 1 is 1.54 bits per heavy atom. The van der Waals surface area contributed by atoms with Gasteiger partial charge in [-0.1, -0.05) is 6.92 Å². The van der Waals surface area contributed by atoms with Crippen molar-refractivity contribution in [3.8, 4) is 0 Å². The number of hydrogen-bond acceptors (Lipinski definition) is 3. The molecule has 1 aliphatic rings. The van der Waals surface area contributed by atoms with Crippen LogP contribution < -0.4 is 0 Å². The Kier molecular flexibility index (Phi) is 2.43. The van der Waals surface area contributed by atoms with E-state index in [2.05, 4.69) is 0 Å². The summed E-state index contributed by atoms with van der Waals surface area (Å²) < 4.78 is 0. The summed E-state index contributed by atoms with van der Waals surface area (Å²) in [7, 11) is 0. The average molecular weight is 185 g/mol. The van der Waals surface area contributed by atoms with E-state index in [1.165, 1.54) is 0 Å². The van der Waals surface area contributed by atoms with Crippen LogP contribution in [0.15, 0.2) is 0 Å². The zero-order valence-electron chi connectivity index (χ0n) is 8.20. The van der Waals surface area contributed by atoms with Crippen molar-refractivity contribution in [1.82, 2.24) is 4.90 Å². The Labute approximate surface area is 77.5 Å². The fraction of sp³-hybridized carbons (Fsp3) is 0.778. The second-order valence-corrected chi connectivity index (χ2v) is 4.24. The molecule has 1 atom stereocenters. The number of nitrogens with zero attached hydrogens (tertiary/aromatic N) is 1. The number of imide groups is 1. The van der Waals surface area contributed by atoms with Crippen molar-refractivity contribution in [2.75, 3.05) is 6.54 Å². The molecule has 74 valence electrons. The van der Waals surface area contributed by atoms with Gasteiger partial charge in [0, 0.05) is 12.3 Å². The summed E-state index contributed by atoms with van der Waals surface area (Å²) in [5.41, 5.74) is -1.00. The monoisotopic (exact) mass is 185 g/mol. The van der Waals surface area contributed by atoms with Crippen LogP contribution in [-0.2, 0) is 9.59 Å². The first-order valence-corrected chi connectivity index (χ1v) is 4.38. The summed E-state index contributed by atoms with van der Waals surface area (Å²) in [6, 6.07) is 0. The number of carbonyl (C=O) groups excluding carboxylic acids is 2. The highest BCUT2D eigenvalue weighted by atomic mass is 16.3. The van der Waals surface area contributed by atoms with Crippen molar-refractivity contribution in [3.63, 3.8) is 0 Å². The SMILES string of the molecule is CC1CC(=O)N(CC(C)(C)O)C1=O. The summed E-state index contributed by atoms with van der Waals surface area (Å²) in [5, 5.41) is 9.45. The maximum atomic E-state index is 11.4. The topological polar surface area (TPSA) is 57.6 Å². The van der Waals surface area contributed by atoms with Crippen LogP contribution in [0.3, 0.4) is 0 Å². The van der Waals surface area contributed by atoms with Crippen molar-refractivity contribution in [3.05, 3.63) is 0 Å². The third kappa shape index (κ3) is 2.28. The maximum absolute atomic E-state index is 11.4. The van der Waals surface area contributed by atoms with Crippen molar-refractivity contribution < 1.29 is 14.7 Å². The zero-order chi connectivity index (χ0) is 10.2. The third-order valence-corrected chi connectivity index (χ3v) is 2.01. The normalized spacial score (nSPS) is 24.3. The molecule has 0 bridgehead atoms. The number of likely N-dealkylation sites (tertiary alicyclic amines) is 1. The number of amides is 2. The van der Waals surface area contributed by atoms with Gasteiger partial charge in [-0.2, -0.15) is 0 Å². The van der Waals surface area contributed by atoms with Crippen molar-refractivity contribution in [2.24, 2.45) is 5.92 Å². The van der Waals surface area contributed by atoms with Crippen LogP contribution in [0.1, 0.15) is 27.2 Å². The van der Waals surface area contributed by atoms with Crippen LogP contribution in [0, 0.1) is 5.92 Å². The highest BCUT2D eigenvalue weighted by Crippen LogP contribution is 2.20. The third-order valence-electron chi connectivity index (χ3n) is 2.01. The highest BCUT2D eigenvalue weighted by Gasteiger charge is 2.37. The van der Waals surface area contributed by atoms with Gasteiger partial charge < -0.3 is 5.11 Å². The van der Waals surface area contributed by atoms with Crippen LogP contribution in [0.4, 0.5) is 0 Å². The Morgan fingerprint density at radius 3 is 2.38 bits per heavy atom. The minimum Gasteiger partial charge on any atom is -0.389 e. The van der Waals surface area contributed by atoms with E-state index in [1.807, 2.05) is 0 Å². The molecule has 4 heteroatoms. The fourth-order valence-electron chi connectivity index (χ4n) is 1.40. The summed E-state index contributed by atoms with van der Waals surface area (Å²) >= 11 is 0. The number of β-amino-alcohol motifs (C(OH)–C–C–N with tert-alkyl or cyclic N) is 1. The molecule has 2 amide bonds. The van der Waals surface area contributed by atoms with Crippen LogP contribution in [0.5, 0.6) is 0 Å². The highest BCUT2D eigenvalue weighted by molar-refractivity contribution is 6.03. The van der Waals surface area contributed by atoms with E-state index in [9.17, 15) is 14.7 Å². The molecule has 13 heavy (non-hydrogen) atoms. The molecule has 0 spiro atoms. The minimum absolute atomic E-state index is 0.0923. The van der Waals surface area contributed by atoms with Gasteiger partial charge in [-0.15, -0.1) is 0 Å². The van der Waals surface area contributed by atoms with E-state index in [1.54, 1.807) is 20.8 Å². The van der Waals surface area contributed by atoms with Gasteiger partial charge in [0.05, 0.1) is 12.1 Å². The van der Waals surface area contributed by atoms with E-state index in [4.69, 9.17) is 0 Å². The molecule has 1 heterocycles. The van der Waals surface area contributed by atoms with Gasteiger partial charge >= 0.3 is 0 Å². The average Bonchev–Trinajstić information content (AvgIpc) is 2.14. The second-order valence-electron chi connectivity index (χ2n) is 4.24. The van der Waals surface area contributed by atoms with E-state index in [-0.39, 0.29) is 30.7 Å². The Hall–Kier alpha value is -0.900. The molecular formula is C9H15NO3. The van der Waals surface area contributed by atoms with E-state index in [0.717, 1.165) is 4.90 Å². The molecule has 0 aromatic heterocycles. The van der Waals surface area contributed by atoms with Crippen molar-refractivity contribution in [1.29, 1.82) is 0 Å². The summed E-state index contributed by atoms with van der Waals surface area (Å²) in [6.07, 6.45) is 0.273. The first kappa shape index (κ1) is 10.2. The smallest absolute Gasteiger partial charge is 0.232 e. The Bertz CT molecular complexity index is 242. The van der Waals surface area contributed by atoms with Gasteiger partial charge in [-0.25, -0.2) is 0 Å². The van der Waals surface area contributed by atoms with Gasteiger partial charge in [0.15, 0.2) is 0 Å². The number of hydrogen-bond donors (Lipinski definition) is 1. The molecule has 0 aliphatic carbocycles. The lowest BCUT2D eigenvalue weighted by molar-refractivity contribution is -0.142. The van der Waals surface area contributed by atoms with Crippen LogP contribution in [0.25, 0.3) is 0 Å². The molecule has 1 N–H and O–H groups in total. The molecule has 1 unspecified atom stereocenters. The van der Waals surface area contributed by atoms with Crippen molar-refractivity contribution >= 4 is 11.8 Å². The van der Waals surface area contributed by atoms with Crippen LogP contribution in [0.2, 0.25) is 0 Å². The number of carbonyl (C=O) groups is 2. The molecule has 1 aliphatic heterocycles. The Morgan fingerprint density at radius 2 is 2.08 bits per heavy atom. The van der Waals surface area contributed by atoms with E-state index >= 15 is 0 Å². The molecule has 0 radical (unpaired) electrons. The van der Waals surface area contributed by atoms with Gasteiger partial charge in [-0.3, -0.25) is 14.5 Å². The van der Waals surface area contributed by atoms with Crippen molar-refractivity contribution in [2.45, 2.75) is 32.8 Å². The first-order chi connectivity index (χ1) is 5.81. The standard InChI is InChI=1S/C9H15NO3/c1-6-4-7(11)10(8(6)12)5-9(2,3)13/h6,13H,4-5H2,1-3H3. The predicted molar refractivity (Wildman–Crippen MR) is 46.8 cm³/mol. The Balaban J connectivity index is 2.70. The maximum Gasteiger partial charge on any atom is 0.232 e. The molecule has 0 aromatic rings. The molecule has 1 fully saturated rings. The molecule has 4 nitrogen and oxygen atoms in total. The van der Waals surface area contributed by atoms with Crippen LogP contribution in [-0.4, -0.2) is 34.0 Å². The summed E-state index contributed by atoms with van der Waals surface area (Å²) in [4.78, 5) is 23.8. The molecule has 1 rings (SSSR count). The minimum atomic E-state index is -1.00. The lowest BCUT2D eigenvalue weighted by Gasteiger charge is -2.23. The molecular weight excluding hydrogens is 170 g/mol. The van der Waals surface area contributed by atoms with Gasteiger partial charge in [0.1, 0.15) is 0 Å². The van der Waals surface area contributed by atoms with Gasteiger partial charge in [0.2, 0.25) is 11.8 Å². The number of rotatable bonds is 2. The summed E-state index contributed by atoms with van der Waals surface area (Å²) in [6.45, 7) is 4.98. The van der Waals surface area contributed by atoms with E-state index < -0.39 is 5.60 Å². The summed E-state index contributed by atoms with van der Waals surface area (Å²) in [5.74, 6) is -0.582. The van der Waals surface area contributed by atoms with Gasteiger partial charge in [-0.05, 0) is 13.8 Å². The first-order valence-electron chi connectivity index (χ1n) is 4.38. The number of aliphatic hydroxyl groups is 1. The fourth-order valence-corrected chi connectivity index (χ4v) is 1.40. The second kappa shape index (κ2) is 3.10. The predicted octanol–water partition coefficient (Wildman–Crippen LogP) is 0.152.